The van der Waals surface area contributed by atoms with Gasteiger partial charge in [-0.15, -0.1) is 0 Å². The Balaban J connectivity index is 4.45. The SMILES string of the molecule is CCCCCCCCC(O)([PH2]=O)C(CCC(N)=O)C(=O)O. The van der Waals surface area contributed by atoms with Crippen LogP contribution in [0.5, 0.6) is 0 Å². The van der Waals surface area contributed by atoms with Crippen molar-refractivity contribution in [3.63, 3.8) is 0 Å². The molecular weight excluding hydrogens is 293 g/mol. The average Bonchev–Trinajstić information content (AvgIpc) is 2.42. The summed E-state index contributed by atoms with van der Waals surface area (Å²) in [4.78, 5) is 22.0. The minimum atomic E-state index is -1.72. The third-order valence-corrected chi connectivity index (χ3v) is 4.82. The summed E-state index contributed by atoms with van der Waals surface area (Å²) in [5.74, 6) is -3.05. The third-order valence-electron chi connectivity index (χ3n) is 3.72. The molecule has 0 heterocycles. The van der Waals surface area contributed by atoms with Crippen LogP contribution in [0.1, 0.15) is 64.7 Å². The molecule has 3 unspecified atom stereocenters. The molecule has 0 aliphatic heterocycles. The number of primary amides is 1. The van der Waals surface area contributed by atoms with Gasteiger partial charge in [-0.25, -0.2) is 0 Å². The van der Waals surface area contributed by atoms with Gasteiger partial charge in [0.25, 0.3) is 0 Å². The molecule has 0 aliphatic rings. The molecule has 0 rings (SSSR count). The molecule has 21 heavy (non-hydrogen) atoms. The van der Waals surface area contributed by atoms with Gasteiger partial charge in [0.15, 0.2) is 0 Å². The van der Waals surface area contributed by atoms with E-state index in [1.54, 1.807) is 0 Å². The van der Waals surface area contributed by atoms with Crippen LogP contribution >= 0.6 is 8.46 Å². The lowest BCUT2D eigenvalue weighted by atomic mass is 9.91. The van der Waals surface area contributed by atoms with E-state index < -0.39 is 31.6 Å². The largest absolute Gasteiger partial charge is 0.481 e. The number of carboxylic acid groups (broad SMARTS) is 1. The highest BCUT2D eigenvalue weighted by Gasteiger charge is 2.40. The molecule has 0 bridgehead atoms. The van der Waals surface area contributed by atoms with Crippen molar-refractivity contribution < 1.29 is 24.4 Å². The van der Waals surface area contributed by atoms with Crippen LogP contribution in [0, 0.1) is 5.92 Å². The van der Waals surface area contributed by atoms with E-state index in [1.165, 1.54) is 0 Å². The van der Waals surface area contributed by atoms with Gasteiger partial charge in [-0.1, -0.05) is 45.4 Å². The number of aliphatic hydroxyl groups is 1. The Hall–Kier alpha value is -0.870. The number of aliphatic carboxylic acids is 1. The minimum Gasteiger partial charge on any atom is -0.481 e. The highest BCUT2D eigenvalue weighted by atomic mass is 31.1. The number of unbranched alkanes of at least 4 members (excludes halogenated alkanes) is 5. The number of rotatable bonds is 13. The molecule has 0 spiro atoms. The summed E-state index contributed by atoms with van der Waals surface area (Å²) < 4.78 is 11.4. The molecule has 6 nitrogen and oxygen atoms in total. The van der Waals surface area contributed by atoms with E-state index in [4.69, 9.17) is 5.73 Å². The second kappa shape index (κ2) is 10.8. The van der Waals surface area contributed by atoms with Crippen LogP contribution in [-0.2, 0) is 14.2 Å². The van der Waals surface area contributed by atoms with E-state index in [0.29, 0.717) is 6.42 Å². The van der Waals surface area contributed by atoms with Crippen molar-refractivity contribution in [3.05, 3.63) is 0 Å². The number of carbonyl (C=O) groups is 2. The molecule has 1 amide bonds. The third kappa shape index (κ3) is 8.22. The van der Waals surface area contributed by atoms with Gasteiger partial charge in [-0.05, 0) is 12.8 Å². The Kier molecular flexibility index (Phi) is 10.4. The number of carboxylic acids is 1. The Morgan fingerprint density at radius 1 is 1.19 bits per heavy atom. The van der Waals surface area contributed by atoms with Crippen LogP contribution in [0.25, 0.3) is 0 Å². The molecule has 0 aromatic carbocycles. The van der Waals surface area contributed by atoms with Gasteiger partial charge >= 0.3 is 5.97 Å². The smallest absolute Gasteiger partial charge is 0.309 e. The molecular formula is C14H28NO5P. The van der Waals surface area contributed by atoms with Crippen molar-refractivity contribution in [3.8, 4) is 0 Å². The van der Waals surface area contributed by atoms with Gasteiger partial charge in [0, 0.05) is 6.42 Å². The number of hydrogen-bond acceptors (Lipinski definition) is 4. The quantitative estimate of drug-likeness (QED) is 0.355. The zero-order valence-electron chi connectivity index (χ0n) is 12.7. The van der Waals surface area contributed by atoms with E-state index in [2.05, 4.69) is 6.92 Å². The summed E-state index contributed by atoms with van der Waals surface area (Å²) in [6, 6.07) is 0. The van der Waals surface area contributed by atoms with Crippen LogP contribution in [0.3, 0.4) is 0 Å². The van der Waals surface area contributed by atoms with Gasteiger partial charge in [-0.2, -0.15) is 0 Å². The van der Waals surface area contributed by atoms with Crippen LogP contribution in [0.15, 0.2) is 0 Å². The summed E-state index contributed by atoms with van der Waals surface area (Å²) in [5, 5.41) is 17.8. The molecule has 4 N–H and O–H groups in total. The van der Waals surface area contributed by atoms with E-state index in [0.717, 1.165) is 32.1 Å². The summed E-state index contributed by atoms with van der Waals surface area (Å²) in [6.45, 7) is 2.12. The number of carbonyl (C=O) groups excluding carboxylic acids is 1. The van der Waals surface area contributed by atoms with E-state index in [1.807, 2.05) is 0 Å². The van der Waals surface area contributed by atoms with Crippen molar-refractivity contribution in [2.45, 2.75) is 70.1 Å². The standard InChI is InChI=1S/C14H28NO5P/c1-2-3-4-5-6-7-10-14(19,21-20)11(13(17)18)8-9-12(15)16/h11,19H,2-10,21H2,1H3,(H2,15,16)(H,17,18). The van der Waals surface area contributed by atoms with Crippen LogP contribution in [0.2, 0.25) is 0 Å². The Morgan fingerprint density at radius 3 is 2.24 bits per heavy atom. The van der Waals surface area contributed by atoms with Gasteiger partial charge < -0.3 is 20.5 Å². The molecule has 7 heteroatoms. The first kappa shape index (κ1) is 20.1. The first-order chi connectivity index (χ1) is 9.87. The molecule has 0 fully saturated rings. The fraction of sp³-hybridized carbons (Fsp3) is 0.857. The predicted molar refractivity (Wildman–Crippen MR) is 82.9 cm³/mol. The molecule has 3 atom stereocenters. The predicted octanol–water partition coefficient (Wildman–Crippen LogP) is 2.15. The number of hydrogen-bond donors (Lipinski definition) is 3. The second-order valence-electron chi connectivity index (χ2n) is 5.52. The normalized spacial score (nSPS) is 15.9. The lowest BCUT2D eigenvalue weighted by Gasteiger charge is -2.29. The van der Waals surface area contributed by atoms with E-state index in [9.17, 15) is 24.4 Å². The lowest BCUT2D eigenvalue weighted by Crippen LogP contribution is -2.38. The number of nitrogens with two attached hydrogens (primary N) is 1. The number of amides is 1. The van der Waals surface area contributed by atoms with Gasteiger partial charge in [-0.3, -0.25) is 9.59 Å². The van der Waals surface area contributed by atoms with Crippen LogP contribution in [-0.4, -0.2) is 27.4 Å². The molecule has 0 aliphatic carbocycles. The molecule has 124 valence electrons. The summed E-state index contributed by atoms with van der Waals surface area (Å²) in [7, 11) is -1.66. The molecule has 0 aromatic rings. The van der Waals surface area contributed by atoms with E-state index in [-0.39, 0.29) is 19.3 Å². The topological polar surface area (TPSA) is 118 Å². The highest BCUT2D eigenvalue weighted by Crippen LogP contribution is 2.37. The van der Waals surface area contributed by atoms with Gasteiger partial charge in [0.05, 0.1) is 14.4 Å². The maximum Gasteiger partial charge on any atom is 0.309 e. The Morgan fingerprint density at radius 2 is 1.76 bits per heavy atom. The molecule has 0 saturated carbocycles. The highest BCUT2D eigenvalue weighted by molar-refractivity contribution is 7.25. The van der Waals surface area contributed by atoms with Crippen molar-refractivity contribution in [2.24, 2.45) is 11.7 Å². The van der Waals surface area contributed by atoms with Crippen molar-refractivity contribution in [1.29, 1.82) is 0 Å². The molecule has 0 radical (unpaired) electrons. The summed E-state index contributed by atoms with van der Waals surface area (Å²) in [6.07, 6.45) is 5.94. The second-order valence-corrected chi connectivity index (χ2v) is 6.76. The Labute approximate surface area is 127 Å². The Bertz CT molecular complexity index is 350. The monoisotopic (exact) mass is 321 g/mol. The zero-order chi connectivity index (χ0) is 16.3. The van der Waals surface area contributed by atoms with Gasteiger partial charge in [0.1, 0.15) is 5.34 Å². The van der Waals surface area contributed by atoms with Gasteiger partial charge in [0.2, 0.25) is 5.91 Å². The minimum absolute atomic E-state index is 0.0771. The molecule has 0 aromatic heterocycles. The van der Waals surface area contributed by atoms with E-state index >= 15 is 0 Å². The fourth-order valence-electron chi connectivity index (χ4n) is 2.38. The van der Waals surface area contributed by atoms with Crippen LogP contribution in [0.4, 0.5) is 0 Å². The maximum absolute atomic E-state index is 11.4. The van der Waals surface area contributed by atoms with Crippen molar-refractivity contribution in [1.82, 2.24) is 0 Å². The first-order valence-corrected chi connectivity index (χ1v) is 8.62. The summed E-state index contributed by atoms with van der Waals surface area (Å²) >= 11 is 0. The average molecular weight is 321 g/mol. The van der Waals surface area contributed by atoms with Crippen LogP contribution < -0.4 is 5.73 Å². The first-order valence-electron chi connectivity index (χ1n) is 7.57. The van der Waals surface area contributed by atoms with Crippen molar-refractivity contribution in [2.75, 3.05) is 0 Å². The fourth-order valence-corrected chi connectivity index (χ4v) is 3.17. The lowest BCUT2D eigenvalue weighted by molar-refractivity contribution is -0.148. The van der Waals surface area contributed by atoms with Crippen molar-refractivity contribution >= 4 is 20.3 Å². The summed E-state index contributed by atoms with van der Waals surface area (Å²) in [5.41, 5.74) is 5.01. The zero-order valence-corrected chi connectivity index (χ0v) is 13.9. The maximum atomic E-state index is 11.4. The molecule has 0 saturated heterocycles.